The van der Waals surface area contributed by atoms with E-state index < -0.39 is 18.6 Å². The van der Waals surface area contributed by atoms with Crippen molar-refractivity contribution in [2.75, 3.05) is 19.8 Å². The molecule has 0 saturated carbocycles. The van der Waals surface area contributed by atoms with Crippen LogP contribution in [0.3, 0.4) is 0 Å². The predicted octanol–water partition coefficient (Wildman–Crippen LogP) is 4.70. The fourth-order valence-electron chi connectivity index (χ4n) is 4.96. The number of benzene rings is 3. The van der Waals surface area contributed by atoms with E-state index in [-0.39, 0.29) is 13.2 Å². The molecule has 1 aliphatic rings. The van der Waals surface area contributed by atoms with Crippen LogP contribution in [0.25, 0.3) is 11.1 Å². The zero-order valence-electron chi connectivity index (χ0n) is 24.5. The van der Waals surface area contributed by atoms with Crippen molar-refractivity contribution in [1.82, 2.24) is 10.3 Å². The van der Waals surface area contributed by atoms with E-state index in [0.29, 0.717) is 42.4 Å². The molecular weight excluding hydrogens is 562 g/mol. The highest BCUT2D eigenvalue weighted by Crippen LogP contribution is 2.36. The summed E-state index contributed by atoms with van der Waals surface area (Å²) in [7, 11) is 0. The summed E-state index contributed by atoms with van der Waals surface area (Å²) in [4.78, 5) is 15.5. The molecule has 44 heavy (non-hydrogen) atoms. The molecule has 0 radical (unpaired) electrons. The molecule has 0 spiro atoms. The topological polar surface area (TPSA) is 143 Å². The Labute approximate surface area is 255 Å². The molecule has 0 saturated heterocycles. The van der Waals surface area contributed by atoms with Gasteiger partial charge in [0.05, 0.1) is 12.2 Å². The van der Waals surface area contributed by atoms with Crippen LogP contribution in [0.15, 0.2) is 67.0 Å². The summed E-state index contributed by atoms with van der Waals surface area (Å²) in [5.41, 5.74) is 6.83. The number of aryl methyl sites for hydroxylation is 1. The van der Waals surface area contributed by atoms with E-state index in [2.05, 4.69) is 29.4 Å². The molecule has 1 aliphatic heterocycles. The molecule has 3 aromatic carbocycles. The minimum atomic E-state index is -1.15. The van der Waals surface area contributed by atoms with Gasteiger partial charge in [-0.05, 0) is 65.9 Å². The Morgan fingerprint density at radius 3 is 2.64 bits per heavy atom. The van der Waals surface area contributed by atoms with Crippen LogP contribution in [-0.4, -0.2) is 47.0 Å². The monoisotopic (exact) mass is 595 g/mol. The van der Waals surface area contributed by atoms with Crippen LogP contribution in [0, 0.1) is 25.2 Å². The van der Waals surface area contributed by atoms with Crippen molar-refractivity contribution in [3.05, 3.63) is 100 Å². The maximum Gasteiger partial charge on any atom is 0.323 e. The SMILES string of the molecule is Cc1cc(OCc2cccc(-c3ccc4c(c3)OCCO4)c2C)cc(OCc2cncc(C#N)c2)c1CN[C@@H](CO)C(=O)O. The first kappa shape index (κ1) is 30.4. The number of ether oxygens (including phenoxy) is 4. The summed E-state index contributed by atoms with van der Waals surface area (Å²) in [6.07, 6.45) is 3.10. The van der Waals surface area contributed by atoms with Gasteiger partial charge in [0.1, 0.15) is 50.0 Å². The number of aliphatic hydroxyl groups is 1. The van der Waals surface area contributed by atoms with Gasteiger partial charge in [0.2, 0.25) is 0 Å². The number of pyridine rings is 1. The van der Waals surface area contributed by atoms with Crippen molar-refractivity contribution in [2.24, 2.45) is 0 Å². The average Bonchev–Trinajstić information content (AvgIpc) is 3.04. The molecule has 0 amide bonds. The van der Waals surface area contributed by atoms with E-state index in [9.17, 15) is 20.3 Å². The lowest BCUT2D eigenvalue weighted by atomic mass is 9.96. The van der Waals surface area contributed by atoms with Crippen molar-refractivity contribution in [3.8, 4) is 40.2 Å². The Hall–Kier alpha value is -5.11. The molecule has 10 nitrogen and oxygen atoms in total. The number of carbonyl (C=O) groups is 1. The second-order valence-corrected chi connectivity index (χ2v) is 10.4. The highest BCUT2D eigenvalue weighted by molar-refractivity contribution is 5.73. The molecule has 1 atom stereocenters. The lowest BCUT2D eigenvalue weighted by Crippen LogP contribution is -2.39. The van der Waals surface area contributed by atoms with Crippen LogP contribution in [-0.2, 0) is 24.6 Å². The van der Waals surface area contributed by atoms with Gasteiger partial charge in [0, 0.05) is 36.1 Å². The van der Waals surface area contributed by atoms with Gasteiger partial charge < -0.3 is 29.2 Å². The van der Waals surface area contributed by atoms with Gasteiger partial charge in [0.15, 0.2) is 11.5 Å². The summed E-state index contributed by atoms with van der Waals surface area (Å²) < 4.78 is 23.9. The first-order valence-electron chi connectivity index (χ1n) is 14.1. The summed E-state index contributed by atoms with van der Waals surface area (Å²) in [6, 6.07) is 18.3. The minimum absolute atomic E-state index is 0.136. The third-order valence-corrected chi connectivity index (χ3v) is 7.42. The van der Waals surface area contributed by atoms with E-state index in [1.807, 2.05) is 43.3 Å². The number of nitriles is 1. The largest absolute Gasteiger partial charge is 0.489 e. The van der Waals surface area contributed by atoms with E-state index in [4.69, 9.17) is 18.9 Å². The van der Waals surface area contributed by atoms with Crippen LogP contribution in [0.1, 0.15) is 33.4 Å². The van der Waals surface area contributed by atoms with Gasteiger partial charge in [-0.15, -0.1) is 0 Å². The zero-order valence-corrected chi connectivity index (χ0v) is 24.5. The molecule has 0 bridgehead atoms. The highest BCUT2D eigenvalue weighted by atomic mass is 16.6. The number of nitrogens with one attached hydrogen (secondary N) is 1. The fraction of sp³-hybridized carbons (Fsp3) is 0.265. The molecule has 0 aliphatic carbocycles. The summed E-state index contributed by atoms with van der Waals surface area (Å²) in [6.45, 7) is 5.04. The molecule has 5 rings (SSSR count). The normalized spacial score (nSPS) is 12.7. The van der Waals surface area contributed by atoms with E-state index in [1.165, 1.54) is 6.20 Å². The molecule has 2 heterocycles. The highest BCUT2D eigenvalue weighted by Gasteiger charge is 2.19. The number of carboxylic acid groups (broad SMARTS) is 1. The van der Waals surface area contributed by atoms with E-state index >= 15 is 0 Å². The second-order valence-electron chi connectivity index (χ2n) is 10.4. The van der Waals surface area contributed by atoms with Gasteiger partial charge in [-0.25, -0.2) is 0 Å². The van der Waals surface area contributed by atoms with Crippen LogP contribution in [0.5, 0.6) is 23.0 Å². The zero-order chi connectivity index (χ0) is 31.1. The summed E-state index contributed by atoms with van der Waals surface area (Å²) >= 11 is 0. The molecule has 3 N–H and O–H groups in total. The summed E-state index contributed by atoms with van der Waals surface area (Å²) in [5, 5.41) is 30.9. The van der Waals surface area contributed by atoms with Gasteiger partial charge in [0.25, 0.3) is 0 Å². The number of carboxylic acids is 1. The van der Waals surface area contributed by atoms with Crippen molar-refractivity contribution in [2.45, 2.75) is 39.6 Å². The van der Waals surface area contributed by atoms with E-state index in [0.717, 1.165) is 44.9 Å². The van der Waals surface area contributed by atoms with Crippen molar-refractivity contribution in [3.63, 3.8) is 0 Å². The van der Waals surface area contributed by atoms with Crippen LogP contribution in [0.4, 0.5) is 0 Å². The second kappa shape index (κ2) is 13.9. The maximum absolute atomic E-state index is 11.5. The van der Waals surface area contributed by atoms with Gasteiger partial charge in [-0.1, -0.05) is 24.3 Å². The Bertz CT molecular complexity index is 1700. The molecule has 1 aromatic heterocycles. The smallest absolute Gasteiger partial charge is 0.323 e. The minimum Gasteiger partial charge on any atom is -0.489 e. The molecule has 10 heteroatoms. The van der Waals surface area contributed by atoms with Crippen LogP contribution < -0.4 is 24.3 Å². The Morgan fingerprint density at radius 2 is 1.86 bits per heavy atom. The Balaban J connectivity index is 1.37. The van der Waals surface area contributed by atoms with Gasteiger partial charge in [-0.2, -0.15) is 5.26 Å². The summed E-state index contributed by atoms with van der Waals surface area (Å²) in [5.74, 6) is 1.38. The van der Waals surface area contributed by atoms with Crippen molar-refractivity contribution in [1.29, 1.82) is 5.26 Å². The molecule has 226 valence electrons. The number of aromatic nitrogens is 1. The number of fused-ring (bicyclic) bond motifs is 1. The number of hydrogen-bond donors (Lipinski definition) is 3. The first-order chi connectivity index (χ1) is 21.4. The molecular formula is C34H33N3O7. The Kier molecular flexibility index (Phi) is 9.59. The first-order valence-corrected chi connectivity index (χ1v) is 14.1. The van der Waals surface area contributed by atoms with Crippen molar-refractivity contribution >= 4 is 5.97 Å². The van der Waals surface area contributed by atoms with Crippen molar-refractivity contribution < 1.29 is 34.0 Å². The quantitative estimate of drug-likeness (QED) is 0.211. The third-order valence-electron chi connectivity index (χ3n) is 7.42. The Morgan fingerprint density at radius 1 is 1.05 bits per heavy atom. The van der Waals surface area contributed by atoms with Crippen LogP contribution >= 0.6 is 0 Å². The van der Waals surface area contributed by atoms with Gasteiger partial charge >= 0.3 is 5.97 Å². The number of nitrogens with zero attached hydrogens (tertiary/aromatic N) is 2. The fourth-order valence-corrected chi connectivity index (χ4v) is 4.96. The standard InChI is InChI=1S/C34H33N3O7/c1-21-10-27(43-20-26-4-3-5-28(22(26)2)25-6-7-31-33(12-25)42-9-8-41-31)13-32(29(21)17-37-30(18-38)34(39)40)44-19-24-11-23(14-35)15-36-16-24/h3-7,10-13,15-16,30,37-38H,8-9,17-20H2,1-2H3,(H,39,40)/t30-/m0/s1. The maximum atomic E-state index is 11.5. The molecule has 0 fully saturated rings. The number of aliphatic hydroxyl groups excluding tert-OH is 1. The van der Waals surface area contributed by atoms with Crippen LogP contribution in [0.2, 0.25) is 0 Å². The molecule has 0 unspecified atom stereocenters. The average molecular weight is 596 g/mol. The third kappa shape index (κ3) is 7.09. The number of rotatable bonds is 12. The van der Waals surface area contributed by atoms with E-state index in [1.54, 1.807) is 18.3 Å². The lowest BCUT2D eigenvalue weighted by molar-refractivity contribution is -0.140. The van der Waals surface area contributed by atoms with Gasteiger partial charge in [-0.3, -0.25) is 15.1 Å². The lowest BCUT2D eigenvalue weighted by Gasteiger charge is -2.20. The number of hydrogen-bond acceptors (Lipinski definition) is 9. The molecule has 4 aromatic rings. The predicted molar refractivity (Wildman–Crippen MR) is 162 cm³/mol. The number of aliphatic carboxylic acids is 1.